The fourth-order valence-corrected chi connectivity index (χ4v) is 1.51. The van der Waals surface area contributed by atoms with Gasteiger partial charge >= 0.3 is 5.97 Å². The van der Waals surface area contributed by atoms with Crippen molar-refractivity contribution in [1.29, 1.82) is 0 Å². The molecule has 0 saturated heterocycles. The molecule has 0 amide bonds. The maximum absolute atomic E-state index is 10.7. The summed E-state index contributed by atoms with van der Waals surface area (Å²) in [7, 11) is 1.99. The van der Waals surface area contributed by atoms with Gasteiger partial charge in [-0.05, 0) is 31.0 Å². The highest BCUT2D eigenvalue weighted by Gasteiger charge is 2.11. The first-order valence-electron chi connectivity index (χ1n) is 5.51. The molecule has 1 aromatic carbocycles. The van der Waals surface area contributed by atoms with E-state index in [1.54, 1.807) is 6.92 Å². The zero-order valence-corrected chi connectivity index (χ0v) is 10.1. The molecule has 0 radical (unpaired) electrons. The first-order valence-corrected chi connectivity index (χ1v) is 5.51. The summed E-state index contributed by atoms with van der Waals surface area (Å²) < 4.78 is 0. The van der Waals surface area contributed by atoms with Crippen molar-refractivity contribution in [3.8, 4) is 0 Å². The van der Waals surface area contributed by atoms with E-state index in [2.05, 4.69) is 24.0 Å². The number of hydrogen-bond acceptors (Lipinski definition) is 2. The van der Waals surface area contributed by atoms with Crippen LogP contribution in [0.4, 0.5) is 5.69 Å². The number of carboxylic acids is 1. The van der Waals surface area contributed by atoms with Crippen molar-refractivity contribution in [2.45, 2.75) is 20.3 Å². The fourth-order valence-electron chi connectivity index (χ4n) is 1.51. The number of anilines is 1. The predicted octanol–water partition coefficient (Wildman–Crippen LogP) is 2.54. The number of nitrogens with zero attached hydrogens (tertiary/aromatic N) is 1. The Morgan fingerprint density at radius 1 is 1.50 bits per heavy atom. The van der Waals surface area contributed by atoms with Gasteiger partial charge in [-0.15, -0.1) is 0 Å². The molecule has 3 heteroatoms. The van der Waals surface area contributed by atoms with Gasteiger partial charge in [-0.25, -0.2) is 0 Å². The molecule has 0 aliphatic heterocycles. The minimum atomic E-state index is -0.724. The Balaban J connectivity index is 2.52. The van der Waals surface area contributed by atoms with Crippen LogP contribution >= 0.6 is 0 Å². The Morgan fingerprint density at radius 2 is 2.19 bits per heavy atom. The molecule has 0 aliphatic rings. The molecule has 16 heavy (non-hydrogen) atoms. The fraction of sp³-hybridized carbons (Fsp3) is 0.462. The van der Waals surface area contributed by atoms with Crippen LogP contribution < -0.4 is 4.90 Å². The van der Waals surface area contributed by atoms with Crippen LogP contribution in [0.15, 0.2) is 24.3 Å². The monoisotopic (exact) mass is 221 g/mol. The molecule has 1 rings (SSSR count). The van der Waals surface area contributed by atoms with Crippen molar-refractivity contribution in [2.24, 2.45) is 5.92 Å². The number of rotatable bonds is 5. The SMILES string of the molecule is Cc1cccc(N(C)CCC(C)C(=O)O)c1. The lowest BCUT2D eigenvalue weighted by atomic mass is 10.1. The highest BCUT2D eigenvalue weighted by molar-refractivity contribution is 5.69. The zero-order valence-electron chi connectivity index (χ0n) is 10.1. The van der Waals surface area contributed by atoms with Crippen LogP contribution in [0, 0.1) is 12.8 Å². The van der Waals surface area contributed by atoms with Crippen LogP contribution in [-0.2, 0) is 4.79 Å². The van der Waals surface area contributed by atoms with Gasteiger partial charge in [-0.3, -0.25) is 4.79 Å². The first-order chi connectivity index (χ1) is 7.50. The summed E-state index contributed by atoms with van der Waals surface area (Å²) in [6, 6.07) is 8.21. The van der Waals surface area contributed by atoms with Crippen LogP contribution in [0.25, 0.3) is 0 Å². The minimum absolute atomic E-state index is 0.285. The van der Waals surface area contributed by atoms with Crippen molar-refractivity contribution in [3.63, 3.8) is 0 Å². The van der Waals surface area contributed by atoms with E-state index in [0.29, 0.717) is 6.42 Å². The van der Waals surface area contributed by atoms with E-state index in [1.165, 1.54) is 5.56 Å². The van der Waals surface area contributed by atoms with Gasteiger partial charge in [0.2, 0.25) is 0 Å². The summed E-state index contributed by atoms with van der Waals surface area (Å²) in [5.41, 5.74) is 2.35. The van der Waals surface area contributed by atoms with E-state index in [4.69, 9.17) is 5.11 Å². The van der Waals surface area contributed by atoms with E-state index in [-0.39, 0.29) is 5.92 Å². The number of hydrogen-bond donors (Lipinski definition) is 1. The summed E-state index contributed by atoms with van der Waals surface area (Å²) in [5, 5.41) is 8.79. The van der Waals surface area contributed by atoms with Crippen LogP contribution in [-0.4, -0.2) is 24.7 Å². The highest BCUT2D eigenvalue weighted by atomic mass is 16.4. The van der Waals surface area contributed by atoms with Gasteiger partial charge < -0.3 is 10.0 Å². The van der Waals surface area contributed by atoms with Gasteiger partial charge in [0.25, 0.3) is 0 Å². The lowest BCUT2D eigenvalue weighted by molar-refractivity contribution is -0.141. The molecule has 0 fully saturated rings. The van der Waals surface area contributed by atoms with Gasteiger partial charge in [-0.2, -0.15) is 0 Å². The molecular weight excluding hydrogens is 202 g/mol. The molecule has 0 heterocycles. The molecule has 1 unspecified atom stereocenters. The molecule has 88 valence electrons. The van der Waals surface area contributed by atoms with Crippen molar-refractivity contribution in [1.82, 2.24) is 0 Å². The molecule has 0 saturated carbocycles. The lowest BCUT2D eigenvalue weighted by Crippen LogP contribution is -2.22. The summed E-state index contributed by atoms with van der Waals surface area (Å²) in [5.74, 6) is -1.01. The Bertz CT molecular complexity index is 363. The molecule has 0 spiro atoms. The maximum atomic E-state index is 10.7. The van der Waals surface area contributed by atoms with Gasteiger partial charge in [0.1, 0.15) is 0 Å². The molecule has 1 aromatic rings. The second kappa shape index (κ2) is 5.54. The van der Waals surface area contributed by atoms with Crippen molar-refractivity contribution in [2.75, 3.05) is 18.5 Å². The van der Waals surface area contributed by atoms with E-state index in [0.717, 1.165) is 12.2 Å². The quantitative estimate of drug-likeness (QED) is 0.830. The number of carbonyl (C=O) groups is 1. The molecule has 0 aliphatic carbocycles. The molecular formula is C13H19NO2. The third-order valence-corrected chi connectivity index (χ3v) is 2.76. The first kappa shape index (κ1) is 12.6. The second-order valence-corrected chi connectivity index (χ2v) is 4.29. The average Bonchev–Trinajstić information content (AvgIpc) is 2.25. The minimum Gasteiger partial charge on any atom is -0.481 e. The van der Waals surface area contributed by atoms with E-state index >= 15 is 0 Å². The van der Waals surface area contributed by atoms with Gasteiger partial charge in [-0.1, -0.05) is 19.1 Å². The summed E-state index contributed by atoms with van der Waals surface area (Å²) >= 11 is 0. The van der Waals surface area contributed by atoms with Crippen molar-refractivity contribution < 1.29 is 9.90 Å². The van der Waals surface area contributed by atoms with Gasteiger partial charge in [0.05, 0.1) is 5.92 Å². The predicted molar refractivity (Wildman–Crippen MR) is 65.9 cm³/mol. The van der Waals surface area contributed by atoms with Crippen molar-refractivity contribution in [3.05, 3.63) is 29.8 Å². The summed E-state index contributed by atoms with van der Waals surface area (Å²) in [6.45, 7) is 4.56. The van der Waals surface area contributed by atoms with E-state index in [9.17, 15) is 4.79 Å². The average molecular weight is 221 g/mol. The second-order valence-electron chi connectivity index (χ2n) is 4.29. The van der Waals surface area contributed by atoms with E-state index < -0.39 is 5.97 Å². The van der Waals surface area contributed by atoms with E-state index in [1.807, 2.05) is 19.2 Å². The van der Waals surface area contributed by atoms with Crippen molar-refractivity contribution >= 4 is 11.7 Å². The largest absolute Gasteiger partial charge is 0.481 e. The normalized spacial score (nSPS) is 12.2. The van der Waals surface area contributed by atoms with Gasteiger partial charge in [0, 0.05) is 19.3 Å². The molecule has 1 atom stereocenters. The smallest absolute Gasteiger partial charge is 0.306 e. The number of carboxylic acid groups (broad SMARTS) is 1. The number of aliphatic carboxylic acids is 1. The van der Waals surface area contributed by atoms with Crippen LogP contribution in [0.3, 0.4) is 0 Å². The van der Waals surface area contributed by atoms with Gasteiger partial charge in [0.15, 0.2) is 0 Å². The van der Waals surface area contributed by atoms with Crippen LogP contribution in [0.5, 0.6) is 0 Å². The highest BCUT2D eigenvalue weighted by Crippen LogP contribution is 2.15. The lowest BCUT2D eigenvalue weighted by Gasteiger charge is -2.20. The Hall–Kier alpha value is -1.51. The Morgan fingerprint density at radius 3 is 2.75 bits per heavy atom. The van der Waals surface area contributed by atoms with Crippen LogP contribution in [0.2, 0.25) is 0 Å². The third kappa shape index (κ3) is 3.57. The molecule has 0 bridgehead atoms. The maximum Gasteiger partial charge on any atom is 0.306 e. The Labute approximate surface area is 96.7 Å². The Kier molecular flexibility index (Phi) is 4.35. The molecule has 3 nitrogen and oxygen atoms in total. The molecule has 0 aromatic heterocycles. The third-order valence-electron chi connectivity index (χ3n) is 2.76. The zero-order chi connectivity index (χ0) is 12.1. The molecule has 1 N–H and O–H groups in total. The standard InChI is InChI=1S/C13H19NO2/c1-10-5-4-6-12(9-10)14(3)8-7-11(2)13(15)16/h4-6,9,11H,7-8H2,1-3H3,(H,15,16). The number of benzene rings is 1. The topological polar surface area (TPSA) is 40.5 Å². The van der Waals surface area contributed by atoms with Crippen LogP contribution in [0.1, 0.15) is 18.9 Å². The summed E-state index contributed by atoms with van der Waals surface area (Å²) in [6.07, 6.45) is 0.666. The summed E-state index contributed by atoms with van der Waals surface area (Å²) in [4.78, 5) is 12.8. The number of aryl methyl sites for hydroxylation is 1.